The average Bonchev–Trinajstić information content (AvgIpc) is 2.61. The molecule has 0 bridgehead atoms. The normalized spacial score (nSPS) is 19.4. The van der Waals surface area contributed by atoms with Crippen LogP contribution in [0.25, 0.3) is 0 Å². The third-order valence-corrected chi connectivity index (χ3v) is 6.18. The first-order valence-electron chi connectivity index (χ1n) is 6.64. The van der Waals surface area contributed by atoms with Gasteiger partial charge in [-0.05, 0) is 19.9 Å². The molecule has 0 saturated carbocycles. The van der Waals surface area contributed by atoms with E-state index in [0.717, 1.165) is 30.5 Å². The topological polar surface area (TPSA) is 62.3 Å². The molecule has 1 N–H and O–H groups in total. The van der Waals surface area contributed by atoms with Gasteiger partial charge in [-0.2, -0.15) is 0 Å². The van der Waals surface area contributed by atoms with Crippen LogP contribution in [-0.4, -0.2) is 44.5 Å². The summed E-state index contributed by atoms with van der Waals surface area (Å²) >= 11 is 1.67. The molecule has 108 valence electrons. The number of rotatable bonds is 4. The molecule has 1 aromatic rings. The van der Waals surface area contributed by atoms with Gasteiger partial charge in [-0.1, -0.05) is 6.92 Å². The summed E-state index contributed by atoms with van der Waals surface area (Å²) < 4.78 is 23.2. The maximum absolute atomic E-state index is 11.6. The van der Waals surface area contributed by atoms with E-state index in [1.807, 2.05) is 6.92 Å². The van der Waals surface area contributed by atoms with Crippen LogP contribution >= 0.6 is 11.3 Å². The van der Waals surface area contributed by atoms with Gasteiger partial charge in [-0.15, -0.1) is 11.3 Å². The largest absolute Gasteiger partial charge is 0.347 e. The summed E-state index contributed by atoms with van der Waals surface area (Å²) in [6.45, 7) is 7.22. The molecule has 2 heterocycles. The number of sulfone groups is 1. The molecule has 1 saturated heterocycles. The van der Waals surface area contributed by atoms with Crippen molar-refractivity contribution in [2.24, 2.45) is 0 Å². The zero-order valence-electron chi connectivity index (χ0n) is 11.5. The summed E-state index contributed by atoms with van der Waals surface area (Å²) in [6.07, 6.45) is 0.698. The Hall–Kier alpha value is -0.660. The van der Waals surface area contributed by atoms with Crippen LogP contribution in [0, 0.1) is 6.92 Å². The predicted octanol–water partition coefficient (Wildman–Crippen LogP) is 1.19. The van der Waals surface area contributed by atoms with E-state index in [0.29, 0.717) is 18.7 Å². The van der Waals surface area contributed by atoms with E-state index in [9.17, 15) is 8.42 Å². The van der Waals surface area contributed by atoms with E-state index in [1.165, 1.54) is 4.88 Å². The fourth-order valence-corrected chi connectivity index (χ4v) is 4.43. The highest BCUT2D eigenvalue weighted by Gasteiger charge is 2.21. The molecular formula is C12H21N3O2S2. The second kappa shape index (κ2) is 6.19. The molecule has 0 aromatic carbocycles. The molecule has 0 atom stereocenters. The Bertz CT molecular complexity index is 525. The highest BCUT2D eigenvalue weighted by atomic mass is 32.2. The van der Waals surface area contributed by atoms with E-state index in [4.69, 9.17) is 0 Å². The Kier molecular flexibility index (Phi) is 4.81. The van der Waals surface area contributed by atoms with Crippen molar-refractivity contribution in [1.29, 1.82) is 0 Å². The molecule has 0 radical (unpaired) electrons. The Labute approximate surface area is 119 Å². The van der Waals surface area contributed by atoms with E-state index >= 15 is 0 Å². The molecule has 19 heavy (non-hydrogen) atoms. The standard InChI is InChI=1S/C12H21N3O2S2/c1-3-13-9-11-10(2)14-12(18-11)15-5-4-7-19(16,17)8-6-15/h13H,3-9H2,1-2H3. The van der Waals surface area contributed by atoms with E-state index in [2.05, 4.69) is 22.1 Å². The van der Waals surface area contributed by atoms with Crippen molar-refractivity contribution in [3.8, 4) is 0 Å². The molecule has 0 aliphatic carbocycles. The third kappa shape index (κ3) is 3.90. The average molecular weight is 303 g/mol. The van der Waals surface area contributed by atoms with Gasteiger partial charge in [0.15, 0.2) is 15.0 Å². The lowest BCUT2D eigenvalue weighted by Gasteiger charge is -2.17. The van der Waals surface area contributed by atoms with Crippen LogP contribution in [0.2, 0.25) is 0 Å². The molecule has 0 unspecified atom stereocenters. The molecule has 0 spiro atoms. The number of anilines is 1. The summed E-state index contributed by atoms with van der Waals surface area (Å²) in [4.78, 5) is 7.93. The lowest BCUT2D eigenvalue weighted by atomic mass is 10.4. The minimum atomic E-state index is -2.85. The molecule has 2 rings (SSSR count). The Morgan fingerprint density at radius 1 is 1.37 bits per heavy atom. The zero-order valence-corrected chi connectivity index (χ0v) is 13.1. The van der Waals surface area contributed by atoms with Gasteiger partial charge in [0, 0.05) is 24.5 Å². The minimum Gasteiger partial charge on any atom is -0.347 e. The van der Waals surface area contributed by atoms with Gasteiger partial charge in [-0.3, -0.25) is 0 Å². The van der Waals surface area contributed by atoms with Gasteiger partial charge in [0.2, 0.25) is 0 Å². The first-order chi connectivity index (χ1) is 9.02. The van der Waals surface area contributed by atoms with Crippen LogP contribution in [0.3, 0.4) is 0 Å². The summed E-state index contributed by atoms with van der Waals surface area (Å²) in [5.74, 6) is 0.548. The first kappa shape index (κ1) is 14.7. The molecule has 7 heteroatoms. The maximum Gasteiger partial charge on any atom is 0.185 e. The van der Waals surface area contributed by atoms with Crippen molar-refractivity contribution in [3.05, 3.63) is 10.6 Å². The Morgan fingerprint density at radius 3 is 2.89 bits per heavy atom. The minimum absolute atomic E-state index is 0.244. The van der Waals surface area contributed by atoms with Crippen LogP contribution in [0.4, 0.5) is 5.13 Å². The quantitative estimate of drug-likeness (QED) is 0.905. The van der Waals surface area contributed by atoms with Gasteiger partial charge in [0.25, 0.3) is 0 Å². The first-order valence-corrected chi connectivity index (χ1v) is 9.28. The Balaban J connectivity index is 2.09. The number of thiazole rings is 1. The molecular weight excluding hydrogens is 282 g/mol. The number of aryl methyl sites for hydroxylation is 1. The second-order valence-corrected chi connectivity index (χ2v) is 8.14. The summed E-state index contributed by atoms with van der Waals surface area (Å²) in [6, 6.07) is 0. The number of hydrogen-bond acceptors (Lipinski definition) is 6. The number of hydrogen-bond donors (Lipinski definition) is 1. The molecule has 5 nitrogen and oxygen atoms in total. The van der Waals surface area contributed by atoms with E-state index in [1.54, 1.807) is 11.3 Å². The zero-order chi connectivity index (χ0) is 13.9. The van der Waals surface area contributed by atoms with Crippen LogP contribution in [0.1, 0.15) is 23.9 Å². The smallest absolute Gasteiger partial charge is 0.185 e. The van der Waals surface area contributed by atoms with Crippen molar-refractivity contribution in [2.75, 3.05) is 36.0 Å². The van der Waals surface area contributed by atoms with Crippen molar-refractivity contribution >= 4 is 26.3 Å². The number of nitrogens with zero attached hydrogens (tertiary/aromatic N) is 2. The van der Waals surface area contributed by atoms with Crippen molar-refractivity contribution < 1.29 is 8.42 Å². The molecule has 0 amide bonds. The lowest BCUT2D eigenvalue weighted by Crippen LogP contribution is -2.26. The monoisotopic (exact) mass is 303 g/mol. The van der Waals surface area contributed by atoms with Crippen LogP contribution in [-0.2, 0) is 16.4 Å². The third-order valence-electron chi connectivity index (χ3n) is 3.24. The number of nitrogens with one attached hydrogen (secondary N) is 1. The fraction of sp³-hybridized carbons (Fsp3) is 0.750. The predicted molar refractivity (Wildman–Crippen MR) is 79.7 cm³/mol. The van der Waals surface area contributed by atoms with Crippen LogP contribution < -0.4 is 10.2 Å². The number of aromatic nitrogens is 1. The van der Waals surface area contributed by atoms with Gasteiger partial charge in [0.1, 0.15) is 0 Å². The second-order valence-electron chi connectivity index (χ2n) is 4.78. The highest BCUT2D eigenvalue weighted by molar-refractivity contribution is 7.91. The maximum atomic E-state index is 11.6. The SMILES string of the molecule is CCNCc1sc(N2CCCS(=O)(=O)CC2)nc1C. The summed E-state index contributed by atoms with van der Waals surface area (Å²) in [7, 11) is -2.85. The highest BCUT2D eigenvalue weighted by Crippen LogP contribution is 2.27. The van der Waals surface area contributed by atoms with E-state index in [-0.39, 0.29) is 5.75 Å². The Morgan fingerprint density at radius 2 is 2.16 bits per heavy atom. The summed E-state index contributed by atoms with van der Waals surface area (Å²) in [5, 5.41) is 4.26. The van der Waals surface area contributed by atoms with Crippen molar-refractivity contribution in [3.63, 3.8) is 0 Å². The van der Waals surface area contributed by atoms with Gasteiger partial charge >= 0.3 is 0 Å². The lowest BCUT2D eigenvalue weighted by molar-refractivity contribution is 0.597. The van der Waals surface area contributed by atoms with Gasteiger partial charge in [-0.25, -0.2) is 13.4 Å². The molecule has 1 aliphatic rings. The molecule has 1 aromatic heterocycles. The van der Waals surface area contributed by atoms with Gasteiger partial charge in [0.05, 0.1) is 17.2 Å². The summed E-state index contributed by atoms with van der Waals surface area (Å²) in [5.41, 5.74) is 1.05. The van der Waals surface area contributed by atoms with Crippen LogP contribution in [0.5, 0.6) is 0 Å². The van der Waals surface area contributed by atoms with E-state index < -0.39 is 9.84 Å². The van der Waals surface area contributed by atoms with Gasteiger partial charge < -0.3 is 10.2 Å². The van der Waals surface area contributed by atoms with Crippen molar-refractivity contribution in [2.45, 2.75) is 26.8 Å². The molecule has 1 fully saturated rings. The fourth-order valence-electron chi connectivity index (χ4n) is 2.08. The van der Waals surface area contributed by atoms with Crippen LogP contribution in [0.15, 0.2) is 0 Å². The molecule has 1 aliphatic heterocycles. The van der Waals surface area contributed by atoms with Crippen molar-refractivity contribution in [1.82, 2.24) is 10.3 Å².